The summed E-state index contributed by atoms with van der Waals surface area (Å²) in [6.07, 6.45) is 1.46. The summed E-state index contributed by atoms with van der Waals surface area (Å²) in [5, 5.41) is 2.67. The maximum Gasteiger partial charge on any atom is 0.342 e. The Kier molecular flexibility index (Phi) is 5.01. The highest BCUT2D eigenvalue weighted by Gasteiger charge is 2.15. The maximum atomic E-state index is 12.0. The fraction of sp³-hybridized carbons (Fsp3) is 0.176. The topological polar surface area (TPSA) is 61.6 Å². The van der Waals surface area contributed by atoms with Crippen LogP contribution in [0.1, 0.15) is 21.8 Å². The number of hydrogen-bond donors (Lipinski definition) is 0. The van der Waals surface area contributed by atoms with E-state index in [0.717, 1.165) is 20.8 Å². The molecule has 124 valence electrons. The van der Waals surface area contributed by atoms with Crippen LogP contribution in [0.3, 0.4) is 0 Å². The third-order valence-electron chi connectivity index (χ3n) is 3.37. The van der Waals surface area contributed by atoms with Gasteiger partial charge in [0.05, 0.1) is 24.6 Å². The molecule has 0 unspecified atom stereocenters. The minimum absolute atomic E-state index is 0.107. The third kappa shape index (κ3) is 3.52. The quantitative estimate of drug-likeness (QED) is 0.566. The number of nitrogens with zero attached hydrogens (tertiary/aromatic N) is 1. The third-order valence-corrected chi connectivity index (χ3v) is 4.79. The lowest BCUT2D eigenvalue weighted by molar-refractivity contribution is 0.0466. The van der Waals surface area contributed by atoms with Crippen LogP contribution in [0.25, 0.3) is 10.6 Å². The molecule has 0 radical (unpaired) electrons. The molecular weight excluding hydrogens is 394 g/mol. The monoisotopic (exact) mass is 407 g/mol. The van der Waals surface area contributed by atoms with E-state index < -0.39 is 5.97 Å². The molecule has 0 fully saturated rings. The molecule has 7 heteroatoms. The Labute approximate surface area is 151 Å². The number of halogens is 1. The van der Waals surface area contributed by atoms with E-state index in [1.165, 1.54) is 17.6 Å². The van der Waals surface area contributed by atoms with Gasteiger partial charge in [-0.2, -0.15) is 0 Å². The Balaban J connectivity index is 1.73. The Hall–Kier alpha value is -2.12. The van der Waals surface area contributed by atoms with E-state index in [1.54, 1.807) is 20.1 Å². The smallest absolute Gasteiger partial charge is 0.342 e. The van der Waals surface area contributed by atoms with Gasteiger partial charge in [0.2, 0.25) is 0 Å². The Morgan fingerprint density at radius 3 is 2.92 bits per heavy atom. The van der Waals surface area contributed by atoms with Gasteiger partial charge < -0.3 is 13.9 Å². The molecule has 0 atom stereocenters. The van der Waals surface area contributed by atoms with Crippen molar-refractivity contribution in [2.75, 3.05) is 7.11 Å². The van der Waals surface area contributed by atoms with Crippen molar-refractivity contribution in [3.63, 3.8) is 0 Å². The molecule has 2 aromatic heterocycles. The van der Waals surface area contributed by atoms with Gasteiger partial charge >= 0.3 is 5.97 Å². The molecule has 0 saturated heterocycles. The van der Waals surface area contributed by atoms with E-state index in [1.807, 2.05) is 23.6 Å². The average Bonchev–Trinajstić information content (AvgIpc) is 3.21. The molecule has 3 aromatic rings. The van der Waals surface area contributed by atoms with Crippen molar-refractivity contribution in [3.05, 3.63) is 57.4 Å². The second-order valence-corrected chi connectivity index (χ2v) is 6.73. The summed E-state index contributed by atoms with van der Waals surface area (Å²) in [7, 11) is 1.62. The zero-order valence-electron chi connectivity index (χ0n) is 13.0. The number of ether oxygens (including phenoxy) is 2. The van der Waals surface area contributed by atoms with Crippen molar-refractivity contribution in [3.8, 4) is 16.3 Å². The number of methoxy groups -OCH3 is 1. The molecule has 0 saturated carbocycles. The van der Waals surface area contributed by atoms with Gasteiger partial charge in [0.1, 0.15) is 28.7 Å². The largest absolute Gasteiger partial charge is 0.496 e. The normalized spacial score (nSPS) is 10.6. The van der Waals surface area contributed by atoms with Crippen LogP contribution in [0.4, 0.5) is 0 Å². The standard InChI is InChI=1S/C17H14BrNO4S/c1-10-13(5-6-22-10)17(20)23-8-12-9-24-16(19-12)14-7-11(18)3-4-15(14)21-2/h3-7,9H,8H2,1-2H3. The molecule has 0 aliphatic carbocycles. The number of carbonyl (C=O) groups excluding carboxylic acids is 1. The summed E-state index contributed by atoms with van der Waals surface area (Å²) >= 11 is 4.92. The van der Waals surface area contributed by atoms with Crippen LogP contribution in [-0.4, -0.2) is 18.1 Å². The molecule has 0 bridgehead atoms. The minimum Gasteiger partial charge on any atom is -0.496 e. The number of thiazole rings is 1. The van der Waals surface area contributed by atoms with E-state index in [-0.39, 0.29) is 6.61 Å². The van der Waals surface area contributed by atoms with Gasteiger partial charge in [-0.1, -0.05) is 15.9 Å². The van der Waals surface area contributed by atoms with Gasteiger partial charge in [0.15, 0.2) is 0 Å². The maximum absolute atomic E-state index is 12.0. The van der Waals surface area contributed by atoms with Gasteiger partial charge in [-0.25, -0.2) is 9.78 Å². The fourth-order valence-corrected chi connectivity index (χ4v) is 3.34. The lowest BCUT2D eigenvalue weighted by Gasteiger charge is -2.06. The summed E-state index contributed by atoms with van der Waals surface area (Å²) in [5.74, 6) is 0.860. The van der Waals surface area contributed by atoms with E-state index in [4.69, 9.17) is 13.9 Å². The van der Waals surface area contributed by atoms with Crippen molar-refractivity contribution in [2.45, 2.75) is 13.5 Å². The number of furan rings is 1. The van der Waals surface area contributed by atoms with E-state index in [2.05, 4.69) is 20.9 Å². The molecule has 1 aromatic carbocycles. The summed E-state index contributed by atoms with van der Waals surface area (Å²) in [6.45, 7) is 1.83. The molecule has 0 N–H and O–H groups in total. The van der Waals surface area contributed by atoms with Crippen LogP contribution in [0.2, 0.25) is 0 Å². The number of rotatable bonds is 5. The summed E-state index contributed by atoms with van der Waals surface area (Å²) in [4.78, 5) is 16.5. The van der Waals surface area contributed by atoms with Crippen LogP contribution >= 0.6 is 27.3 Å². The molecule has 24 heavy (non-hydrogen) atoms. The first-order valence-electron chi connectivity index (χ1n) is 7.08. The van der Waals surface area contributed by atoms with Crippen LogP contribution in [0.5, 0.6) is 5.75 Å². The lowest BCUT2D eigenvalue weighted by atomic mass is 10.2. The number of esters is 1. The first-order valence-corrected chi connectivity index (χ1v) is 8.75. The molecular formula is C17H14BrNO4S. The molecule has 0 spiro atoms. The van der Waals surface area contributed by atoms with Crippen molar-refractivity contribution >= 4 is 33.2 Å². The Bertz CT molecular complexity index is 871. The van der Waals surface area contributed by atoms with E-state index >= 15 is 0 Å². The predicted octanol–water partition coefficient (Wildman–Crippen LogP) is 4.84. The van der Waals surface area contributed by atoms with E-state index in [9.17, 15) is 4.79 Å². The molecule has 5 nitrogen and oxygen atoms in total. The van der Waals surface area contributed by atoms with Crippen LogP contribution in [0, 0.1) is 6.92 Å². The van der Waals surface area contributed by atoms with Gasteiger partial charge in [-0.05, 0) is 31.2 Å². The number of hydrogen-bond acceptors (Lipinski definition) is 6. The van der Waals surface area contributed by atoms with Crippen LogP contribution in [-0.2, 0) is 11.3 Å². The lowest BCUT2D eigenvalue weighted by Crippen LogP contribution is -2.05. The van der Waals surface area contributed by atoms with Crippen LogP contribution in [0.15, 0.2) is 44.8 Å². The van der Waals surface area contributed by atoms with Gasteiger partial charge in [-0.3, -0.25) is 0 Å². The van der Waals surface area contributed by atoms with Gasteiger partial charge in [0.25, 0.3) is 0 Å². The second-order valence-electron chi connectivity index (χ2n) is 4.96. The zero-order valence-corrected chi connectivity index (χ0v) is 15.4. The molecule has 0 aliphatic rings. The first kappa shape index (κ1) is 16.7. The number of aromatic nitrogens is 1. The van der Waals surface area contributed by atoms with Gasteiger partial charge in [-0.15, -0.1) is 11.3 Å². The molecule has 2 heterocycles. The SMILES string of the molecule is COc1ccc(Br)cc1-c1nc(COC(=O)c2ccoc2C)cs1. The van der Waals surface area contributed by atoms with Crippen LogP contribution < -0.4 is 4.74 Å². The minimum atomic E-state index is -0.421. The molecule has 0 aliphatic heterocycles. The summed E-state index contributed by atoms with van der Waals surface area (Å²) < 4.78 is 16.7. The Morgan fingerprint density at radius 1 is 1.38 bits per heavy atom. The van der Waals surface area contributed by atoms with Crippen molar-refractivity contribution in [1.82, 2.24) is 4.98 Å². The van der Waals surface area contributed by atoms with Gasteiger partial charge in [0, 0.05) is 9.85 Å². The average molecular weight is 408 g/mol. The first-order chi connectivity index (χ1) is 11.6. The van der Waals surface area contributed by atoms with Crippen molar-refractivity contribution in [2.24, 2.45) is 0 Å². The highest BCUT2D eigenvalue weighted by Crippen LogP contribution is 2.34. The number of benzene rings is 1. The summed E-state index contributed by atoms with van der Waals surface area (Å²) in [5.41, 5.74) is 2.01. The van der Waals surface area contributed by atoms with E-state index in [0.29, 0.717) is 17.0 Å². The highest BCUT2D eigenvalue weighted by molar-refractivity contribution is 9.10. The number of aryl methyl sites for hydroxylation is 1. The van der Waals surface area contributed by atoms with Crippen molar-refractivity contribution < 1.29 is 18.7 Å². The fourth-order valence-electron chi connectivity index (χ4n) is 2.16. The Morgan fingerprint density at radius 2 is 2.21 bits per heavy atom. The highest BCUT2D eigenvalue weighted by atomic mass is 79.9. The second kappa shape index (κ2) is 7.19. The number of carbonyl (C=O) groups is 1. The zero-order chi connectivity index (χ0) is 17.1. The van der Waals surface area contributed by atoms with Crippen molar-refractivity contribution in [1.29, 1.82) is 0 Å². The molecule has 3 rings (SSSR count). The summed E-state index contributed by atoms with van der Waals surface area (Å²) in [6, 6.07) is 7.33. The predicted molar refractivity (Wildman–Crippen MR) is 94.4 cm³/mol. The molecule has 0 amide bonds.